The van der Waals surface area contributed by atoms with E-state index in [-0.39, 0.29) is 63.1 Å². The average molecular weight is 968 g/mol. The quantitative estimate of drug-likeness (QED) is 0.0341. The van der Waals surface area contributed by atoms with Gasteiger partial charge in [-0.1, -0.05) is 29.8 Å². The van der Waals surface area contributed by atoms with Gasteiger partial charge in [0.2, 0.25) is 16.0 Å². The molecule has 1 saturated carbocycles. The lowest BCUT2D eigenvalue weighted by Crippen LogP contribution is -2.46. The Balaban J connectivity index is 1.01. The number of phenolic OH excluding ortho intramolecular Hbond substituents is 1. The number of phenols is 1. The van der Waals surface area contributed by atoms with Crippen LogP contribution in [0.5, 0.6) is 11.5 Å². The van der Waals surface area contributed by atoms with Crippen LogP contribution in [0.3, 0.4) is 0 Å². The zero-order valence-corrected chi connectivity index (χ0v) is 38.3. The fraction of sp³-hybridized carbons (Fsp3) is 0.390. The summed E-state index contributed by atoms with van der Waals surface area (Å²) >= 11 is 8.65. The van der Waals surface area contributed by atoms with Crippen LogP contribution in [-0.2, 0) is 50.9 Å². The number of aromatic nitrogens is 1. The van der Waals surface area contributed by atoms with Gasteiger partial charge in [-0.15, -0.1) is 22.7 Å². The third-order valence-corrected chi connectivity index (χ3v) is 16.7. The number of halogens is 1. The molecular formula is C41H47ClN4O13S4. The number of methoxy groups -OCH3 is 1. The molecule has 1 aliphatic rings. The summed E-state index contributed by atoms with van der Waals surface area (Å²) in [6.45, 7) is 1.52. The molecule has 63 heavy (non-hydrogen) atoms. The highest BCUT2D eigenvalue weighted by molar-refractivity contribution is 8.04. The van der Waals surface area contributed by atoms with E-state index in [2.05, 4.69) is 15.6 Å². The molecule has 22 heteroatoms. The molecule has 1 fully saturated rings. The number of thiophene rings is 2. The van der Waals surface area contributed by atoms with E-state index in [9.17, 15) is 46.0 Å². The first-order valence-corrected chi connectivity index (χ1v) is 24.7. The van der Waals surface area contributed by atoms with Gasteiger partial charge in [0, 0.05) is 55.2 Å². The molecule has 5 aromatic rings. The Labute approximate surface area is 376 Å². The van der Waals surface area contributed by atoms with Gasteiger partial charge in [-0.3, -0.25) is 14.1 Å². The summed E-state index contributed by atoms with van der Waals surface area (Å²) in [5, 5.41) is 31.1. The molecule has 3 heterocycles. The molecule has 17 nitrogen and oxygen atoms in total. The fourth-order valence-electron chi connectivity index (χ4n) is 7.32. The highest BCUT2D eigenvalue weighted by Crippen LogP contribution is 2.43. The Bertz CT molecular complexity index is 2650. The highest BCUT2D eigenvalue weighted by atomic mass is 35.5. The normalized spacial score (nSPS) is 17.1. The number of carbonyl (C=O) groups is 2. The van der Waals surface area contributed by atoms with Crippen LogP contribution in [0.4, 0.5) is 5.69 Å². The van der Waals surface area contributed by atoms with Gasteiger partial charge in [-0.2, -0.15) is 16.8 Å². The number of fused-ring (bicyclic) bond motifs is 1. The van der Waals surface area contributed by atoms with E-state index in [4.69, 9.17) is 25.3 Å². The van der Waals surface area contributed by atoms with Gasteiger partial charge >= 0.3 is 5.97 Å². The first-order chi connectivity index (χ1) is 29.8. The van der Waals surface area contributed by atoms with Crippen molar-refractivity contribution in [2.45, 2.75) is 74.0 Å². The van der Waals surface area contributed by atoms with Crippen molar-refractivity contribution in [1.82, 2.24) is 15.2 Å². The van der Waals surface area contributed by atoms with Crippen molar-refractivity contribution in [2.75, 3.05) is 32.6 Å². The Morgan fingerprint density at radius 1 is 1.02 bits per heavy atom. The van der Waals surface area contributed by atoms with Crippen LogP contribution in [0.2, 0.25) is 5.02 Å². The summed E-state index contributed by atoms with van der Waals surface area (Å²) in [6.07, 6.45) is 0.523. The minimum absolute atomic E-state index is 0.0325. The molecule has 0 saturated heterocycles. The van der Waals surface area contributed by atoms with E-state index in [0.717, 1.165) is 29.6 Å². The average Bonchev–Trinajstić information content (AvgIpc) is 4.00. The maximum absolute atomic E-state index is 14.2. The number of hydrogen-bond acceptors (Lipinski definition) is 16. The van der Waals surface area contributed by atoms with Gasteiger partial charge in [-0.05, 0) is 86.3 Å². The minimum atomic E-state index is -5.11. The third kappa shape index (κ3) is 11.1. The largest absolute Gasteiger partial charge is 0.506 e. The molecule has 3 aromatic heterocycles. The highest BCUT2D eigenvalue weighted by Gasteiger charge is 2.54. The molecule has 6 N–H and O–H groups in total. The van der Waals surface area contributed by atoms with Crippen LogP contribution >= 0.6 is 34.3 Å². The summed E-state index contributed by atoms with van der Waals surface area (Å²) < 4.78 is 74.5. The van der Waals surface area contributed by atoms with Gasteiger partial charge in [0.15, 0.2) is 0 Å². The number of nitrogens with zero attached hydrogens (tertiary/aromatic N) is 1. The number of esters is 1. The number of pyridine rings is 1. The number of amides is 1. The van der Waals surface area contributed by atoms with E-state index in [0.29, 0.717) is 60.2 Å². The van der Waals surface area contributed by atoms with Gasteiger partial charge < -0.3 is 40.2 Å². The molecule has 6 rings (SSSR count). The summed E-state index contributed by atoms with van der Waals surface area (Å²) in [4.78, 5) is 44.0. The summed E-state index contributed by atoms with van der Waals surface area (Å²) in [5.74, 6) is -0.989. The monoisotopic (exact) mass is 966 g/mol. The number of aliphatic hydroxyl groups excluding tert-OH is 1. The predicted octanol–water partition coefficient (Wildman–Crippen LogP) is 5.48. The van der Waals surface area contributed by atoms with Crippen molar-refractivity contribution in [3.05, 3.63) is 108 Å². The molecule has 0 aliphatic heterocycles. The Kier molecular flexibility index (Phi) is 15.4. The van der Waals surface area contributed by atoms with Gasteiger partial charge in [0.1, 0.15) is 17.6 Å². The topological polar surface area (TPSA) is 251 Å². The summed E-state index contributed by atoms with van der Waals surface area (Å²) in [5.41, 5.74) is -0.977. The van der Waals surface area contributed by atoms with Crippen molar-refractivity contribution < 1.29 is 54.8 Å². The number of aromatic amines is 1. The molecule has 0 spiro atoms. The zero-order valence-electron chi connectivity index (χ0n) is 34.3. The molecule has 2 atom stereocenters. The lowest BCUT2D eigenvalue weighted by atomic mass is 9.91. The van der Waals surface area contributed by atoms with Crippen LogP contribution < -0.4 is 20.9 Å². The molecular weight excluding hydrogens is 920 g/mol. The van der Waals surface area contributed by atoms with Crippen LogP contribution in [0.25, 0.3) is 10.9 Å². The number of hydrogen-bond donors (Lipinski definition) is 6. The molecule has 2 aromatic carbocycles. The second-order valence-corrected chi connectivity index (χ2v) is 21.2. The molecule has 1 aliphatic carbocycles. The van der Waals surface area contributed by atoms with Crippen molar-refractivity contribution in [3.63, 3.8) is 0 Å². The number of aliphatic hydroxyl groups is 1. The number of aromatic hydroxyl groups is 1. The fourth-order valence-corrected chi connectivity index (χ4v) is 11.5. The standard InChI is InChI=1S/C41H47ClN4O13S4/c1-24(62(52,53)54)63(55,56)59-41(35-6-4-18-60-35,36-7-5-19-61-36)40(51)58-27-10-8-26(9-11-27)46(2)17-16-38(50)44-31-21-34(57-3)25(20-30(31)42)22-43-23-33(48)28-12-14-32(47)39-29(28)13-15-37(49)45-39/h4-7,12-15,18-21,24,26-27,33,43,47-48H,8-11,16-17,22-23H2,1-3H3,(H,44,50)(H,45,49)(H,52,53,54)/t24?,26-,27-,33-/m0/s1. The molecule has 0 radical (unpaired) electrons. The van der Waals surface area contributed by atoms with Gasteiger partial charge in [0.25, 0.3) is 25.8 Å². The zero-order chi connectivity index (χ0) is 45.7. The van der Waals surface area contributed by atoms with Crippen molar-refractivity contribution >= 4 is 83.0 Å². The lowest BCUT2D eigenvalue weighted by molar-refractivity contribution is -0.166. The number of rotatable bonds is 19. The van der Waals surface area contributed by atoms with Crippen LogP contribution in [0, 0.1) is 0 Å². The molecule has 1 amide bonds. The van der Waals surface area contributed by atoms with E-state index in [1.54, 1.807) is 41.1 Å². The van der Waals surface area contributed by atoms with E-state index in [1.807, 2.05) is 11.9 Å². The number of ether oxygens (including phenoxy) is 2. The number of nitrogens with one attached hydrogen (secondary N) is 3. The third-order valence-electron chi connectivity index (χ3n) is 10.9. The first kappa shape index (κ1) is 48.0. The maximum Gasteiger partial charge on any atom is 0.351 e. The number of H-pyrrole nitrogens is 1. The van der Waals surface area contributed by atoms with Crippen molar-refractivity contribution in [2.24, 2.45) is 0 Å². The molecule has 0 bridgehead atoms. The number of benzene rings is 2. The second kappa shape index (κ2) is 20.2. The van der Waals surface area contributed by atoms with E-state index in [1.165, 1.54) is 37.4 Å². The number of anilines is 1. The van der Waals surface area contributed by atoms with E-state index >= 15 is 0 Å². The summed E-state index contributed by atoms with van der Waals surface area (Å²) in [6, 6.07) is 15.3. The van der Waals surface area contributed by atoms with Crippen molar-refractivity contribution in [3.8, 4) is 11.5 Å². The summed E-state index contributed by atoms with van der Waals surface area (Å²) in [7, 11) is -6.84. The number of carbonyl (C=O) groups excluding carboxylic acids is 2. The lowest BCUT2D eigenvalue weighted by Gasteiger charge is -2.36. The Morgan fingerprint density at radius 2 is 1.68 bits per heavy atom. The molecule has 340 valence electrons. The van der Waals surface area contributed by atoms with Crippen LogP contribution in [0.15, 0.2) is 76.2 Å². The predicted molar refractivity (Wildman–Crippen MR) is 239 cm³/mol. The first-order valence-electron chi connectivity index (χ1n) is 19.6. The maximum atomic E-state index is 14.2. The van der Waals surface area contributed by atoms with Crippen LogP contribution in [0.1, 0.15) is 66.0 Å². The van der Waals surface area contributed by atoms with Gasteiger partial charge in [0.05, 0.1) is 39.2 Å². The van der Waals surface area contributed by atoms with Gasteiger partial charge in [-0.25, -0.2) is 8.98 Å². The smallest absolute Gasteiger partial charge is 0.351 e. The van der Waals surface area contributed by atoms with E-state index < -0.39 is 48.6 Å². The van der Waals surface area contributed by atoms with Crippen LogP contribution in [-0.4, -0.2) is 97.3 Å². The Morgan fingerprint density at radius 3 is 2.29 bits per heavy atom. The molecule has 1 unspecified atom stereocenters. The second-order valence-electron chi connectivity index (χ2n) is 15.0. The van der Waals surface area contributed by atoms with Crippen molar-refractivity contribution in [1.29, 1.82) is 0 Å². The Hall–Kier alpha value is -4.42. The minimum Gasteiger partial charge on any atom is -0.506 e. The SMILES string of the molecule is COc1cc(NC(=O)CCN(C)[C@H]2CC[C@H](OC(=O)C(OS(=O)(=O)C(C)S(=O)(=O)O)(c3cccs3)c3cccs3)CC2)c(Cl)cc1CNC[C@H](O)c1ccc(O)c2[nH]c(=O)ccc12.